The topological polar surface area (TPSA) is 154 Å². The molecule has 0 amide bonds. The zero-order valence-corrected chi connectivity index (χ0v) is 11.7. The first kappa shape index (κ1) is 17.7. The van der Waals surface area contributed by atoms with E-state index in [0.29, 0.717) is 12.8 Å². The Labute approximate surface area is 116 Å². The zero-order valence-electron chi connectivity index (χ0n) is 10.9. The lowest BCUT2D eigenvalue weighted by Crippen LogP contribution is -2.66. The highest BCUT2D eigenvalue weighted by atomic mass is 32.3. The average Bonchev–Trinajstić information content (AvgIpc) is 2.36. The fraction of sp³-hybridized carbons (Fsp3) is 1.00. The van der Waals surface area contributed by atoms with E-state index in [2.05, 4.69) is 4.18 Å². The quantitative estimate of drug-likeness (QED) is 0.356. The fourth-order valence-electron chi connectivity index (χ4n) is 2.13. The lowest BCUT2D eigenvalue weighted by Gasteiger charge is -2.46. The van der Waals surface area contributed by atoms with Gasteiger partial charge in [0.05, 0.1) is 6.61 Å². The first-order chi connectivity index (χ1) is 9.17. The van der Waals surface area contributed by atoms with Crippen molar-refractivity contribution < 1.29 is 42.3 Å². The summed E-state index contributed by atoms with van der Waals surface area (Å²) in [5.74, 6) is -2.25. The molecule has 1 saturated heterocycles. The van der Waals surface area contributed by atoms with Gasteiger partial charge in [-0.15, -0.1) is 0 Å². The van der Waals surface area contributed by atoms with Crippen LogP contribution in [-0.2, 0) is 19.3 Å². The van der Waals surface area contributed by atoms with Gasteiger partial charge in [-0.25, -0.2) is 4.18 Å². The van der Waals surface area contributed by atoms with Crippen molar-refractivity contribution >= 4 is 10.4 Å². The van der Waals surface area contributed by atoms with Crippen LogP contribution in [0.2, 0.25) is 0 Å². The van der Waals surface area contributed by atoms with Gasteiger partial charge < -0.3 is 25.2 Å². The first-order valence-electron chi connectivity index (χ1n) is 6.17. The minimum Gasteiger partial charge on any atom is -0.394 e. The summed E-state index contributed by atoms with van der Waals surface area (Å²) in [6, 6.07) is 0. The van der Waals surface area contributed by atoms with Gasteiger partial charge in [-0.1, -0.05) is 13.3 Å². The van der Waals surface area contributed by atoms with Crippen LogP contribution >= 0.6 is 0 Å². The van der Waals surface area contributed by atoms with E-state index in [1.807, 2.05) is 0 Å². The molecule has 0 bridgehead atoms. The van der Waals surface area contributed by atoms with Gasteiger partial charge in [-0.2, -0.15) is 8.42 Å². The van der Waals surface area contributed by atoms with Gasteiger partial charge in [0.2, 0.25) is 5.79 Å². The van der Waals surface area contributed by atoms with E-state index in [9.17, 15) is 23.7 Å². The molecular formula is C10H20O9S. The molecule has 1 heterocycles. The van der Waals surface area contributed by atoms with Crippen LogP contribution < -0.4 is 0 Å². The molecule has 5 N–H and O–H groups in total. The summed E-state index contributed by atoms with van der Waals surface area (Å²) in [5, 5.41) is 38.4. The molecule has 0 radical (unpaired) electrons. The maximum absolute atomic E-state index is 10.9. The van der Waals surface area contributed by atoms with Crippen LogP contribution in [-0.4, -0.2) is 70.2 Å². The third-order valence-corrected chi connectivity index (χ3v) is 3.65. The molecule has 1 unspecified atom stereocenters. The van der Waals surface area contributed by atoms with E-state index >= 15 is 0 Å². The van der Waals surface area contributed by atoms with Gasteiger partial charge in [0.25, 0.3) is 0 Å². The van der Waals surface area contributed by atoms with E-state index in [-0.39, 0.29) is 6.42 Å². The molecule has 120 valence electrons. The number of unbranched alkanes of at least 4 members (excludes halogenated alkanes) is 1. The minimum atomic E-state index is -4.98. The van der Waals surface area contributed by atoms with E-state index < -0.39 is 47.2 Å². The Morgan fingerprint density at radius 1 is 1.25 bits per heavy atom. The summed E-state index contributed by atoms with van der Waals surface area (Å²) in [6.45, 7) is 1.05. The molecule has 5 atom stereocenters. The van der Waals surface area contributed by atoms with E-state index in [1.54, 1.807) is 6.92 Å². The van der Waals surface area contributed by atoms with Crippen LogP contribution in [0.5, 0.6) is 0 Å². The second kappa shape index (κ2) is 6.62. The van der Waals surface area contributed by atoms with Gasteiger partial charge in [-0.05, 0) is 6.42 Å². The summed E-state index contributed by atoms with van der Waals surface area (Å²) < 4.78 is 40.2. The Morgan fingerprint density at radius 3 is 2.30 bits per heavy atom. The van der Waals surface area contributed by atoms with Gasteiger partial charge in [-0.3, -0.25) is 4.55 Å². The lowest BCUT2D eigenvalue weighted by atomic mass is 9.90. The predicted octanol–water partition coefficient (Wildman–Crippen LogP) is -1.83. The van der Waals surface area contributed by atoms with Crippen molar-refractivity contribution in [3.05, 3.63) is 0 Å². The van der Waals surface area contributed by atoms with Crippen LogP contribution in [0, 0.1) is 0 Å². The third kappa shape index (κ3) is 3.86. The molecule has 20 heavy (non-hydrogen) atoms. The third-order valence-electron chi connectivity index (χ3n) is 3.16. The zero-order chi connectivity index (χ0) is 15.6. The Kier molecular flexibility index (Phi) is 5.87. The van der Waals surface area contributed by atoms with Gasteiger partial charge in [0, 0.05) is 6.42 Å². The SMILES string of the molecule is CCCCC1(OS(=O)(=O)O)O[C@H](CO)[C@H](O)[C@H](O)[C@H]1O. The Balaban J connectivity index is 3.11. The molecule has 1 aliphatic heterocycles. The summed E-state index contributed by atoms with van der Waals surface area (Å²) in [5.41, 5.74) is 0. The molecule has 9 nitrogen and oxygen atoms in total. The van der Waals surface area contributed by atoms with Crippen molar-refractivity contribution in [3.63, 3.8) is 0 Å². The summed E-state index contributed by atoms with van der Waals surface area (Å²) in [4.78, 5) is 0. The predicted molar refractivity (Wildman–Crippen MR) is 64.9 cm³/mol. The molecule has 0 saturated carbocycles. The van der Waals surface area contributed by atoms with Crippen molar-refractivity contribution in [1.29, 1.82) is 0 Å². The number of rotatable bonds is 6. The first-order valence-corrected chi connectivity index (χ1v) is 7.54. The Hall–Kier alpha value is -0.330. The Bertz CT molecular complexity index is 409. The molecule has 0 aromatic carbocycles. The molecular weight excluding hydrogens is 296 g/mol. The van der Waals surface area contributed by atoms with E-state index in [1.165, 1.54) is 0 Å². The standard InChI is InChI=1S/C10H20O9S/c1-2-3-4-10(19-20(15,16)17)9(14)8(13)7(12)6(5-11)18-10/h6-9,11-14H,2-5H2,1H3,(H,15,16,17)/t6-,7+,8+,9-,10?/m1/s1. The normalized spacial score (nSPS) is 38.9. The van der Waals surface area contributed by atoms with Crippen LogP contribution in [0.4, 0.5) is 0 Å². The molecule has 1 aliphatic rings. The second-order valence-corrected chi connectivity index (χ2v) is 5.71. The number of hydrogen-bond donors (Lipinski definition) is 5. The van der Waals surface area contributed by atoms with Crippen LogP contribution in [0.1, 0.15) is 26.2 Å². The molecule has 0 spiro atoms. The van der Waals surface area contributed by atoms with Crippen molar-refractivity contribution in [2.75, 3.05) is 6.61 Å². The molecule has 0 aromatic heterocycles. The summed E-state index contributed by atoms with van der Waals surface area (Å²) >= 11 is 0. The maximum atomic E-state index is 10.9. The number of aliphatic hydroxyl groups excluding tert-OH is 4. The lowest BCUT2D eigenvalue weighted by molar-refractivity contribution is -0.340. The molecule has 1 fully saturated rings. The highest BCUT2D eigenvalue weighted by Crippen LogP contribution is 2.36. The molecule has 0 aliphatic carbocycles. The number of ether oxygens (including phenoxy) is 1. The van der Waals surface area contributed by atoms with Crippen molar-refractivity contribution in [2.45, 2.75) is 56.4 Å². The molecule has 1 rings (SSSR count). The number of hydrogen-bond acceptors (Lipinski definition) is 8. The Morgan fingerprint density at radius 2 is 1.85 bits per heavy atom. The largest absolute Gasteiger partial charge is 0.400 e. The summed E-state index contributed by atoms with van der Waals surface area (Å²) in [7, 11) is -4.98. The van der Waals surface area contributed by atoms with Gasteiger partial charge >= 0.3 is 10.4 Å². The molecule has 0 aromatic rings. The maximum Gasteiger partial charge on any atom is 0.400 e. The van der Waals surface area contributed by atoms with Crippen LogP contribution in [0.15, 0.2) is 0 Å². The monoisotopic (exact) mass is 316 g/mol. The van der Waals surface area contributed by atoms with Gasteiger partial charge in [0.1, 0.15) is 24.4 Å². The highest BCUT2D eigenvalue weighted by molar-refractivity contribution is 7.80. The van der Waals surface area contributed by atoms with Crippen molar-refractivity contribution in [1.82, 2.24) is 0 Å². The number of aliphatic hydroxyl groups is 4. The average molecular weight is 316 g/mol. The highest BCUT2D eigenvalue weighted by Gasteiger charge is 2.56. The van der Waals surface area contributed by atoms with Crippen LogP contribution in [0.3, 0.4) is 0 Å². The van der Waals surface area contributed by atoms with Crippen molar-refractivity contribution in [3.8, 4) is 0 Å². The second-order valence-electron chi connectivity index (χ2n) is 4.69. The summed E-state index contributed by atoms with van der Waals surface area (Å²) in [6.07, 6.45) is -5.89. The van der Waals surface area contributed by atoms with E-state index in [0.717, 1.165) is 0 Å². The van der Waals surface area contributed by atoms with Crippen LogP contribution in [0.25, 0.3) is 0 Å². The van der Waals surface area contributed by atoms with E-state index in [4.69, 9.17) is 14.4 Å². The smallest absolute Gasteiger partial charge is 0.394 e. The minimum absolute atomic E-state index is 0.162. The van der Waals surface area contributed by atoms with Gasteiger partial charge in [0.15, 0.2) is 0 Å². The van der Waals surface area contributed by atoms with Crippen molar-refractivity contribution in [2.24, 2.45) is 0 Å². The molecule has 10 heteroatoms. The fourth-order valence-corrected chi connectivity index (χ4v) is 2.70.